The van der Waals surface area contributed by atoms with Gasteiger partial charge in [0, 0.05) is 18.5 Å². The minimum atomic E-state index is -2.84. The number of tetrazole rings is 1. The van der Waals surface area contributed by atoms with Crippen LogP contribution in [-0.4, -0.2) is 72.7 Å². The number of amides is 2. The number of aliphatic imine (C=N–C) groups is 1. The van der Waals surface area contributed by atoms with E-state index in [1.165, 1.54) is 4.90 Å². The van der Waals surface area contributed by atoms with E-state index in [4.69, 9.17) is 4.99 Å². The molecule has 1 saturated heterocycles. The molecule has 10 nitrogen and oxygen atoms in total. The maximum absolute atomic E-state index is 14.6. The van der Waals surface area contributed by atoms with Crippen LogP contribution in [0.5, 0.6) is 0 Å². The first-order valence-corrected chi connectivity index (χ1v) is 15.9. The van der Waals surface area contributed by atoms with E-state index in [1.807, 2.05) is 17.0 Å². The molecule has 1 saturated carbocycles. The molecule has 2 aliphatic heterocycles. The lowest BCUT2D eigenvalue weighted by atomic mass is 9.69. The topological polar surface area (TPSA) is 119 Å². The molecule has 2 aromatic rings. The first kappa shape index (κ1) is 32.0. The lowest BCUT2D eigenvalue weighted by Crippen LogP contribution is -2.53. The van der Waals surface area contributed by atoms with Gasteiger partial charge in [0.2, 0.25) is 0 Å². The van der Waals surface area contributed by atoms with E-state index in [0.29, 0.717) is 55.5 Å². The predicted octanol–water partition coefficient (Wildman–Crippen LogP) is 5.51. The third kappa shape index (κ3) is 6.94. The molecule has 3 heterocycles. The van der Waals surface area contributed by atoms with Crippen molar-refractivity contribution < 1.29 is 18.4 Å². The van der Waals surface area contributed by atoms with E-state index in [9.17, 15) is 18.4 Å². The van der Waals surface area contributed by atoms with Gasteiger partial charge in [-0.15, -0.1) is 10.2 Å². The first-order chi connectivity index (χ1) is 20.8. The second-order valence-electron chi connectivity index (χ2n) is 14.2. The molecule has 1 aliphatic carbocycles. The molecule has 0 unspecified atom stereocenters. The Morgan fingerprint density at radius 1 is 1.11 bits per heavy atom. The largest absolute Gasteiger partial charge is 0.346 e. The van der Waals surface area contributed by atoms with Crippen LogP contribution in [0.1, 0.15) is 114 Å². The summed E-state index contributed by atoms with van der Waals surface area (Å²) in [6.07, 6.45) is 4.96. The van der Waals surface area contributed by atoms with Gasteiger partial charge in [0.15, 0.2) is 11.7 Å². The van der Waals surface area contributed by atoms with Crippen LogP contribution < -0.4 is 5.32 Å². The summed E-state index contributed by atoms with van der Waals surface area (Å²) >= 11 is 0. The van der Waals surface area contributed by atoms with Crippen molar-refractivity contribution >= 4 is 17.6 Å². The Morgan fingerprint density at radius 3 is 2.41 bits per heavy atom. The second kappa shape index (κ2) is 12.5. The van der Waals surface area contributed by atoms with E-state index in [1.54, 1.807) is 12.1 Å². The molecule has 3 aliphatic rings. The summed E-state index contributed by atoms with van der Waals surface area (Å²) in [6.45, 7) is 11.1. The molecule has 44 heavy (non-hydrogen) atoms. The van der Waals surface area contributed by atoms with E-state index in [2.05, 4.69) is 60.6 Å². The average molecular weight is 613 g/mol. The summed E-state index contributed by atoms with van der Waals surface area (Å²) in [5, 5.41) is 16.4. The number of hydrogen-bond donors (Lipinski definition) is 2. The lowest BCUT2D eigenvalue weighted by molar-refractivity contribution is -0.134. The number of hydrogen-bond acceptors (Lipinski definition) is 7. The molecule has 2 N–H and O–H groups in total. The van der Waals surface area contributed by atoms with Crippen LogP contribution in [0.3, 0.4) is 0 Å². The fourth-order valence-corrected chi connectivity index (χ4v) is 6.99. The number of carbonyl (C=O) groups is 2. The maximum atomic E-state index is 14.6. The van der Waals surface area contributed by atoms with Crippen molar-refractivity contribution in [3.63, 3.8) is 0 Å². The van der Waals surface area contributed by atoms with Gasteiger partial charge < -0.3 is 15.1 Å². The first-order valence-electron chi connectivity index (χ1n) is 15.9. The second-order valence-corrected chi connectivity index (χ2v) is 14.2. The fraction of sp³-hybridized carbons (Fsp3) is 0.688. The summed E-state index contributed by atoms with van der Waals surface area (Å²) in [6, 6.07) is 7.03. The predicted molar refractivity (Wildman–Crippen MR) is 163 cm³/mol. The Balaban J connectivity index is 1.45. The highest BCUT2D eigenvalue weighted by atomic mass is 19.3. The molecule has 1 atom stereocenters. The third-order valence-corrected chi connectivity index (χ3v) is 9.56. The van der Waals surface area contributed by atoms with Crippen LogP contribution in [0.4, 0.5) is 8.78 Å². The van der Waals surface area contributed by atoms with Gasteiger partial charge in [0.1, 0.15) is 5.66 Å². The maximum Gasteiger partial charge on any atom is 0.291 e. The molecule has 0 bridgehead atoms. The van der Waals surface area contributed by atoms with Crippen molar-refractivity contribution in [2.24, 2.45) is 22.2 Å². The molecule has 2 amide bonds. The van der Waals surface area contributed by atoms with E-state index >= 15 is 0 Å². The number of carbonyl (C=O) groups excluding carboxylic acids is 2. The number of amidine groups is 1. The smallest absolute Gasteiger partial charge is 0.291 e. The molecule has 12 heteroatoms. The minimum absolute atomic E-state index is 0.133. The number of rotatable bonds is 8. The van der Waals surface area contributed by atoms with Gasteiger partial charge in [0.25, 0.3) is 17.7 Å². The van der Waals surface area contributed by atoms with Crippen molar-refractivity contribution in [3.8, 4) is 0 Å². The number of aromatic nitrogens is 4. The van der Waals surface area contributed by atoms with Crippen molar-refractivity contribution in [2.45, 2.75) is 110 Å². The van der Waals surface area contributed by atoms with Gasteiger partial charge in [-0.25, -0.2) is 13.8 Å². The van der Waals surface area contributed by atoms with Crippen molar-refractivity contribution in [1.82, 2.24) is 35.7 Å². The van der Waals surface area contributed by atoms with Crippen LogP contribution in [0.2, 0.25) is 0 Å². The van der Waals surface area contributed by atoms with Gasteiger partial charge in [-0.05, 0) is 79.9 Å². The van der Waals surface area contributed by atoms with Crippen molar-refractivity contribution in [1.29, 1.82) is 0 Å². The number of alkyl halides is 2. The zero-order valence-electron chi connectivity index (χ0n) is 26.6. The van der Waals surface area contributed by atoms with Gasteiger partial charge in [-0.1, -0.05) is 52.0 Å². The Hall–Kier alpha value is -3.44. The normalized spacial score (nSPS) is 24.6. The number of likely N-dealkylation sites (tertiary alicyclic amines) is 1. The number of benzene rings is 1. The standard InChI is InChI=1S/C32H46F2N8O2/c1-21(2)7-12-25(22-8-10-23(11-9-22)28(43)35-19-26-37-39-40-38-26)42-29(44)27(41-18-6-15-31(33,34)20-41)36-32(42)16-13-24(14-17-32)30(3,4)5/h8-11,21,24-25H,6-7,12-20H2,1-5H3,(H,35,43)(H,37,38,39,40)/t24?,25-,32?/m1/s1. The molecule has 240 valence electrons. The summed E-state index contributed by atoms with van der Waals surface area (Å²) < 4.78 is 29.1. The molecule has 1 aromatic carbocycles. The summed E-state index contributed by atoms with van der Waals surface area (Å²) in [5.74, 6) is -1.92. The van der Waals surface area contributed by atoms with Crippen LogP contribution in [0.15, 0.2) is 29.3 Å². The summed E-state index contributed by atoms with van der Waals surface area (Å²) in [7, 11) is 0. The molecule has 5 rings (SSSR count). The fourth-order valence-electron chi connectivity index (χ4n) is 6.99. The van der Waals surface area contributed by atoms with Crippen LogP contribution in [0.25, 0.3) is 0 Å². The number of halogens is 2. The van der Waals surface area contributed by atoms with Crippen molar-refractivity contribution in [2.75, 3.05) is 13.1 Å². The quantitative estimate of drug-likeness (QED) is 0.406. The molecule has 1 aromatic heterocycles. The summed E-state index contributed by atoms with van der Waals surface area (Å²) in [5.41, 5.74) is 0.739. The highest BCUT2D eigenvalue weighted by Crippen LogP contribution is 2.50. The zero-order valence-corrected chi connectivity index (χ0v) is 26.6. The minimum Gasteiger partial charge on any atom is -0.346 e. The Morgan fingerprint density at radius 2 is 1.82 bits per heavy atom. The highest BCUT2D eigenvalue weighted by Gasteiger charge is 2.54. The van der Waals surface area contributed by atoms with E-state index in [0.717, 1.165) is 24.8 Å². The van der Waals surface area contributed by atoms with Gasteiger partial charge in [0.05, 0.1) is 19.1 Å². The number of piperidine rings is 1. The molecular formula is C32H46F2N8O2. The van der Waals surface area contributed by atoms with E-state index in [-0.39, 0.29) is 42.1 Å². The van der Waals surface area contributed by atoms with Crippen LogP contribution in [-0.2, 0) is 11.3 Å². The Labute approximate surface area is 258 Å². The Bertz CT molecular complexity index is 1330. The van der Waals surface area contributed by atoms with E-state index < -0.39 is 18.1 Å². The molecular weight excluding hydrogens is 566 g/mol. The molecule has 2 fully saturated rings. The molecule has 0 radical (unpaired) electrons. The van der Waals surface area contributed by atoms with Crippen LogP contribution >= 0.6 is 0 Å². The third-order valence-electron chi connectivity index (χ3n) is 9.56. The van der Waals surface area contributed by atoms with Gasteiger partial charge in [-0.2, -0.15) is 5.21 Å². The van der Waals surface area contributed by atoms with Crippen LogP contribution in [0, 0.1) is 17.3 Å². The summed E-state index contributed by atoms with van der Waals surface area (Å²) in [4.78, 5) is 35.8. The van der Waals surface area contributed by atoms with Crippen molar-refractivity contribution in [3.05, 3.63) is 41.2 Å². The van der Waals surface area contributed by atoms with Gasteiger partial charge in [-0.3, -0.25) is 9.59 Å². The molecule has 1 spiro atoms. The number of nitrogens with zero attached hydrogens (tertiary/aromatic N) is 6. The number of aromatic amines is 1. The SMILES string of the molecule is CC(C)CC[C@H](c1ccc(C(=O)NCc2nn[nH]n2)cc1)N1C(=O)C(N2CCCC(F)(F)C2)=NC12CCC(C(C)(C)C)CC2. The van der Waals surface area contributed by atoms with Gasteiger partial charge >= 0.3 is 0 Å². The highest BCUT2D eigenvalue weighted by molar-refractivity contribution is 6.39. The lowest BCUT2D eigenvalue weighted by Gasteiger charge is -2.47. The number of nitrogens with one attached hydrogen (secondary N) is 2. The monoisotopic (exact) mass is 612 g/mol. The number of H-pyrrole nitrogens is 1. The average Bonchev–Trinajstić information content (AvgIpc) is 3.58. The zero-order chi connectivity index (χ0) is 31.7. The Kier molecular flexibility index (Phi) is 9.09.